The number of Topliss-reactive ketones (excluding diaryl/α,β-unsaturated/α-hetero) is 1. The molecule has 1 heterocycles. The molecule has 0 unspecified atom stereocenters. The van der Waals surface area contributed by atoms with Crippen LogP contribution in [0, 0.1) is 0 Å². The van der Waals surface area contributed by atoms with Crippen LogP contribution in [-0.2, 0) is 6.42 Å². The second-order valence-corrected chi connectivity index (χ2v) is 5.00. The molecular formula is C15H16O2S. The van der Waals surface area contributed by atoms with E-state index in [1.807, 2.05) is 29.6 Å². The number of benzene rings is 1. The van der Waals surface area contributed by atoms with E-state index in [1.165, 1.54) is 16.9 Å². The molecule has 2 aromatic rings. The summed E-state index contributed by atoms with van der Waals surface area (Å²) in [6.07, 6.45) is 2.40. The van der Waals surface area contributed by atoms with Gasteiger partial charge in [-0.15, -0.1) is 11.3 Å². The zero-order chi connectivity index (χ0) is 12.8. The van der Waals surface area contributed by atoms with Crippen molar-refractivity contribution >= 4 is 17.1 Å². The number of ketones is 1. The Morgan fingerprint density at radius 3 is 2.72 bits per heavy atom. The molecule has 0 saturated carbocycles. The lowest BCUT2D eigenvalue weighted by atomic mass is 10.1. The number of rotatable bonds is 6. The molecular weight excluding hydrogens is 244 g/mol. The van der Waals surface area contributed by atoms with Gasteiger partial charge in [0.25, 0.3) is 0 Å². The fourth-order valence-electron chi connectivity index (χ4n) is 1.87. The van der Waals surface area contributed by atoms with Crippen LogP contribution in [0.1, 0.15) is 28.1 Å². The summed E-state index contributed by atoms with van der Waals surface area (Å²) in [5, 5.41) is 1.89. The fourth-order valence-corrected chi connectivity index (χ4v) is 2.70. The number of carbonyl (C=O) groups is 1. The van der Waals surface area contributed by atoms with E-state index in [4.69, 9.17) is 4.74 Å². The monoisotopic (exact) mass is 260 g/mol. The maximum Gasteiger partial charge on any atom is 0.176 e. The third-order valence-electron chi connectivity index (χ3n) is 2.81. The Balaban J connectivity index is 1.86. The topological polar surface area (TPSA) is 26.3 Å². The maximum absolute atomic E-state index is 12.0. The Morgan fingerprint density at radius 2 is 2.00 bits per heavy atom. The van der Waals surface area contributed by atoms with E-state index < -0.39 is 0 Å². The van der Waals surface area contributed by atoms with Crippen molar-refractivity contribution in [3.63, 3.8) is 0 Å². The lowest BCUT2D eigenvalue weighted by molar-refractivity contribution is 0.0981. The van der Waals surface area contributed by atoms with Gasteiger partial charge in [0, 0.05) is 6.42 Å². The van der Waals surface area contributed by atoms with Crippen LogP contribution in [0.25, 0.3) is 0 Å². The van der Waals surface area contributed by atoms with Gasteiger partial charge in [0.1, 0.15) is 10.6 Å². The standard InChI is InChI=1S/C15H16O2S/c1-17-14-10-11-18-15(14)13(16)9-5-8-12-6-3-2-4-7-12/h2-4,6-7,10-11H,5,8-9H2,1H3. The van der Waals surface area contributed by atoms with E-state index in [0.717, 1.165) is 17.7 Å². The average Bonchev–Trinajstić information content (AvgIpc) is 2.88. The number of thiophene rings is 1. The van der Waals surface area contributed by atoms with Gasteiger partial charge in [-0.1, -0.05) is 30.3 Å². The van der Waals surface area contributed by atoms with Gasteiger partial charge in [0.2, 0.25) is 0 Å². The van der Waals surface area contributed by atoms with Crippen LogP contribution in [0.2, 0.25) is 0 Å². The van der Waals surface area contributed by atoms with Crippen molar-refractivity contribution < 1.29 is 9.53 Å². The maximum atomic E-state index is 12.0. The Hall–Kier alpha value is -1.61. The van der Waals surface area contributed by atoms with Gasteiger partial charge < -0.3 is 4.74 Å². The van der Waals surface area contributed by atoms with Crippen molar-refractivity contribution in [3.05, 3.63) is 52.2 Å². The van der Waals surface area contributed by atoms with Crippen LogP contribution in [0.5, 0.6) is 5.75 Å². The van der Waals surface area contributed by atoms with Crippen molar-refractivity contribution in [1.29, 1.82) is 0 Å². The third-order valence-corrected chi connectivity index (χ3v) is 3.75. The summed E-state index contributed by atoms with van der Waals surface area (Å²) in [4.78, 5) is 12.7. The number of hydrogen-bond donors (Lipinski definition) is 0. The average molecular weight is 260 g/mol. The Labute approximate surface area is 111 Å². The molecule has 0 aliphatic heterocycles. The Bertz CT molecular complexity index is 502. The normalized spacial score (nSPS) is 10.3. The van der Waals surface area contributed by atoms with Crippen molar-refractivity contribution in [2.24, 2.45) is 0 Å². The van der Waals surface area contributed by atoms with E-state index in [2.05, 4.69) is 12.1 Å². The SMILES string of the molecule is COc1ccsc1C(=O)CCCc1ccccc1. The van der Waals surface area contributed by atoms with Gasteiger partial charge in [-0.2, -0.15) is 0 Å². The zero-order valence-electron chi connectivity index (χ0n) is 10.4. The molecule has 0 saturated heterocycles. The molecule has 0 N–H and O–H groups in total. The van der Waals surface area contributed by atoms with Crippen LogP contribution >= 0.6 is 11.3 Å². The molecule has 2 rings (SSSR count). The number of ether oxygens (including phenoxy) is 1. The van der Waals surface area contributed by atoms with Crippen molar-refractivity contribution in [1.82, 2.24) is 0 Å². The summed E-state index contributed by atoms with van der Waals surface area (Å²) in [7, 11) is 1.60. The highest BCUT2D eigenvalue weighted by atomic mass is 32.1. The van der Waals surface area contributed by atoms with Crippen LogP contribution < -0.4 is 4.74 Å². The predicted octanol–water partition coefficient (Wildman–Crippen LogP) is 3.96. The Kier molecular flexibility index (Phi) is 4.53. The van der Waals surface area contributed by atoms with Gasteiger partial charge in [-0.25, -0.2) is 0 Å². The van der Waals surface area contributed by atoms with E-state index in [1.54, 1.807) is 7.11 Å². The number of aryl methyl sites for hydroxylation is 1. The van der Waals surface area contributed by atoms with Gasteiger partial charge in [-0.05, 0) is 29.9 Å². The highest BCUT2D eigenvalue weighted by Gasteiger charge is 2.13. The summed E-state index contributed by atoms with van der Waals surface area (Å²) in [5.41, 5.74) is 1.28. The highest BCUT2D eigenvalue weighted by molar-refractivity contribution is 7.12. The first-order chi connectivity index (χ1) is 8.81. The van der Waals surface area contributed by atoms with Crippen LogP contribution in [-0.4, -0.2) is 12.9 Å². The first-order valence-corrected chi connectivity index (χ1v) is 6.88. The molecule has 0 bridgehead atoms. The molecule has 0 aliphatic rings. The third kappa shape index (κ3) is 3.20. The number of hydrogen-bond acceptors (Lipinski definition) is 3. The van der Waals surface area contributed by atoms with Gasteiger partial charge in [0.05, 0.1) is 7.11 Å². The molecule has 0 radical (unpaired) electrons. The molecule has 0 spiro atoms. The van der Waals surface area contributed by atoms with Crippen molar-refractivity contribution in [2.75, 3.05) is 7.11 Å². The van der Waals surface area contributed by atoms with Crippen molar-refractivity contribution in [3.8, 4) is 5.75 Å². The lowest BCUT2D eigenvalue weighted by Crippen LogP contribution is -1.99. The van der Waals surface area contributed by atoms with Crippen LogP contribution in [0.15, 0.2) is 41.8 Å². The summed E-state index contributed by atoms with van der Waals surface area (Å²) >= 11 is 1.45. The Morgan fingerprint density at radius 1 is 1.22 bits per heavy atom. The highest BCUT2D eigenvalue weighted by Crippen LogP contribution is 2.26. The molecule has 18 heavy (non-hydrogen) atoms. The summed E-state index contributed by atoms with van der Waals surface area (Å²) in [5.74, 6) is 0.877. The fraction of sp³-hybridized carbons (Fsp3) is 0.267. The molecule has 1 aromatic heterocycles. The smallest absolute Gasteiger partial charge is 0.176 e. The minimum Gasteiger partial charge on any atom is -0.495 e. The first kappa shape index (κ1) is 12.8. The quantitative estimate of drug-likeness (QED) is 0.735. The second kappa shape index (κ2) is 6.36. The largest absolute Gasteiger partial charge is 0.495 e. The minimum absolute atomic E-state index is 0.179. The molecule has 3 heteroatoms. The number of carbonyl (C=O) groups excluding carboxylic acids is 1. The van der Waals surface area contributed by atoms with E-state index in [-0.39, 0.29) is 5.78 Å². The summed E-state index contributed by atoms with van der Waals surface area (Å²) in [6.45, 7) is 0. The zero-order valence-corrected chi connectivity index (χ0v) is 11.2. The second-order valence-electron chi connectivity index (χ2n) is 4.08. The summed E-state index contributed by atoms with van der Waals surface area (Å²) < 4.78 is 5.16. The molecule has 2 nitrogen and oxygen atoms in total. The molecule has 0 amide bonds. The molecule has 0 fully saturated rings. The minimum atomic E-state index is 0.179. The molecule has 0 atom stereocenters. The van der Waals surface area contributed by atoms with Gasteiger partial charge >= 0.3 is 0 Å². The van der Waals surface area contributed by atoms with E-state index >= 15 is 0 Å². The predicted molar refractivity (Wildman–Crippen MR) is 74.6 cm³/mol. The van der Waals surface area contributed by atoms with Gasteiger partial charge in [0.15, 0.2) is 5.78 Å². The van der Waals surface area contributed by atoms with E-state index in [0.29, 0.717) is 12.2 Å². The molecule has 1 aromatic carbocycles. The molecule has 0 aliphatic carbocycles. The molecule has 94 valence electrons. The van der Waals surface area contributed by atoms with Crippen LogP contribution in [0.4, 0.5) is 0 Å². The van der Waals surface area contributed by atoms with Gasteiger partial charge in [-0.3, -0.25) is 4.79 Å². The first-order valence-electron chi connectivity index (χ1n) is 6.00. The lowest BCUT2D eigenvalue weighted by Gasteiger charge is -2.02. The van der Waals surface area contributed by atoms with Crippen LogP contribution in [0.3, 0.4) is 0 Å². The van der Waals surface area contributed by atoms with E-state index in [9.17, 15) is 4.79 Å². The number of methoxy groups -OCH3 is 1. The summed E-state index contributed by atoms with van der Waals surface area (Å²) in [6, 6.07) is 12.1. The van der Waals surface area contributed by atoms with Crippen molar-refractivity contribution in [2.45, 2.75) is 19.3 Å².